The van der Waals surface area contributed by atoms with Crippen molar-refractivity contribution in [1.82, 2.24) is 5.32 Å². The maximum Gasteiger partial charge on any atom is 0.241 e. The molecule has 0 unspecified atom stereocenters. The second kappa shape index (κ2) is 8.41. The Bertz CT molecular complexity index is 910. The second-order valence-corrected chi connectivity index (χ2v) is 7.32. The summed E-state index contributed by atoms with van der Waals surface area (Å²) in [5.74, 6) is -0.950. The largest absolute Gasteiger partial charge is 0.325 e. The van der Waals surface area contributed by atoms with Crippen LogP contribution in [0.5, 0.6) is 0 Å². The van der Waals surface area contributed by atoms with Gasteiger partial charge in [0.2, 0.25) is 5.91 Å². The molecule has 1 heterocycles. The second-order valence-electron chi connectivity index (χ2n) is 6.34. The van der Waals surface area contributed by atoms with E-state index in [4.69, 9.17) is 0 Å². The predicted octanol–water partition coefficient (Wildman–Crippen LogP) is 5.04. The minimum Gasteiger partial charge on any atom is -0.325 e. The lowest BCUT2D eigenvalue weighted by molar-refractivity contribution is -0.117. The SMILES string of the molecule is Cc1ccc(NC(=O)[C@@H](C)N[C@@H](c2ccc(F)cc2)c2cccs2)cc1F. The molecule has 0 aliphatic heterocycles. The maximum atomic E-state index is 13.7. The van der Waals surface area contributed by atoms with Crippen LogP contribution < -0.4 is 10.6 Å². The van der Waals surface area contributed by atoms with Crippen molar-refractivity contribution in [3.05, 3.63) is 87.6 Å². The van der Waals surface area contributed by atoms with Gasteiger partial charge in [-0.25, -0.2) is 8.78 Å². The number of amides is 1. The molecule has 0 spiro atoms. The Morgan fingerprint density at radius 2 is 1.81 bits per heavy atom. The van der Waals surface area contributed by atoms with Crippen molar-refractivity contribution >= 4 is 22.9 Å². The number of benzene rings is 2. The fourth-order valence-corrected chi connectivity index (χ4v) is 3.51. The molecule has 1 amide bonds. The van der Waals surface area contributed by atoms with Crippen LogP contribution in [0.25, 0.3) is 0 Å². The quantitative estimate of drug-likeness (QED) is 0.623. The highest BCUT2D eigenvalue weighted by Crippen LogP contribution is 2.27. The smallest absolute Gasteiger partial charge is 0.241 e. The van der Waals surface area contributed by atoms with Crippen molar-refractivity contribution in [3.63, 3.8) is 0 Å². The molecule has 0 aliphatic rings. The van der Waals surface area contributed by atoms with Gasteiger partial charge in [0.05, 0.1) is 12.1 Å². The van der Waals surface area contributed by atoms with Gasteiger partial charge in [0.25, 0.3) is 0 Å². The van der Waals surface area contributed by atoms with E-state index >= 15 is 0 Å². The number of nitrogens with one attached hydrogen (secondary N) is 2. The summed E-state index contributed by atoms with van der Waals surface area (Å²) in [4.78, 5) is 13.6. The Morgan fingerprint density at radius 1 is 1.07 bits per heavy atom. The van der Waals surface area contributed by atoms with Gasteiger partial charge in [-0.05, 0) is 60.7 Å². The van der Waals surface area contributed by atoms with Crippen LogP contribution in [0.3, 0.4) is 0 Å². The first-order valence-electron chi connectivity index (χ1n) is 8.56. The van der Waals surface area contributed by atoms with Crippen LogP contribution in [0.4, 0.5) is 14.5 Å². The summed E-state index contributed by atoms with van der Waals surface area (Å²) < 4.78 is 27.0. The molecule has 0 bridgehead atoms. The van der Waals surface area contributed by atoms with E-state index in [1.165, 1.54) is 18.2 Å². The summed E-state index contributed by atoms with van der Waals surface area (Å²) >= 11 is 1.55. The van der Waals surface area contributed by atoms with Crippen molar-refractivity contribution < 1.29 is 13.6 Å². The Balaban J connectivity index is 1.75. The van der Waals surface area contributed by atoms with Gasteiger partial charge in [-0.1, -0.05) is 24.3 Å². The summed E-state index contributed by atoms with van der Waals surface area (Å²) in [6.45, 7) is 3.41. The molecule has 3 aromatic rings. The van der Waals surface area contributed by atoms with Crippen molar-refractivity contribution in [3.8, 4) is 0 Å². The molecule has 0 saturated heterocycles. The molecular weight excluding hydrogens is 366 g/mol. The van der Waals surface area contributed by atoms with Gasteiger partial charge in [0.1, 0.15) is 11.6 Å². The molecule has 6 heteroatoms. The normalized spacial score (nSPS) is 13.2. The number of thiophene rings is 1. The number of anilines is 1. The standard InChI is InChI=1S/C21H20F2N2OS/c1-13-5-10-17(12-18(13)23)25-21(26)14(2)24-20(19-4-3-11-27-19)15-6-8-16(22)9-7-15/h3-12,14,20,24H,1-2H3,(H,25,26)/t14-,20+/m1/s1. The van der Waals surface area contributed by atoms with Crippen molar-refractivity contribution in [1.29, 1.82) is 0 Å². The van der Waals surface area contributed by atoms with E-state index in [0.717, 1.165) is 10.4 Å². The molecule has 0 fully saturated rings. The first-order valence-corrected chi connectivity index (χ1v) is 9.44. The lowest BCUT2D eigenvalue weighted by Gasteiger charge is -2.23. The first-order chi connectivity index (χ1) is 12.9. The molecule has 1 aromatic heterocycles. The summed E-state index contributed by atoms with van der Waals surface area (Å²) in [7, 11) is 0. The van der Waals surface area contributed by atoms with E-state index in [0.29, 0.717) is 11.3 Å². The highest BCUT2D eigenvalue weighted by molar-refractivity contribution is 7.10. The van der Waals surface area contributed by atoms with E-state index in [2.05, 4.69) is 10.6 Å². The van der Waals surface area contributed by atoms with Gasteiger partial charge in [0.15, 0.2) is 0 Å². The van der Waals surface area contributed by atoms with Gasteiger partial charge < -0.3 is 5.32 Å². The highest BCUT2D eigenvalue weighted by Gasteiger charge is 2.22. The zero-order valence-corrected chi connectivity index (χ0v) is 15.8. The van der Waals surface area contributed by atoms with Crippen LogP contribution in [0.2, 0.25) is 0 Å². The minimum atomic E-state index is -0.550. The number of halogens is 2. The molecule has 0 aliphatic carbocycles. The minimum absolute atomic E-state index is 0.249. The average Bonchev–Trinajstić information content (AvgIpc) is 3.18. The Kier molecular flexibility index (Phi) is 5.98. The Hall–Kier alpha value is -2.57. The molecule has 3 rings (SSSR count). The van der Waals surface area contributed by atoms with Gasteiger partial charge in [-0.2, -0.15) is 0 Å². The molecule has 2 atom stereocenters. The zero-order chi connectivity index (χ0) is 19.4. The highest BCUT2D eigenvalue weighted by atomic mass is 32.1. The van der Waals surface area contributed by atoms with Crippen molar-refractivity contribution in [2.45, 2.75) is 25.9 Å². The maximum absolute atomic E-state index is 13.7. The average molecular weight is 386 g/mol. The molecule has 140 valence electrons. The molecule has 27 heavy (non-hydrogen) atoms. The molecule has 2 aromatic carbocycles. The fraction of sp³-hybridized carbons (Fsp3) is 0.190. The molecular formula is C21H20F2N2OS. The van der Waals surface area contributed by atoms with Crippen LogP contribution in [0.15, 0.2) is 60.0 Å². The lowest BCUT2D eigenvalue weighted by Crippen LogP contribution is -2.40. The summed E-state index contributed by atoms with van der Waals surface area (Å²) in [6, 6.07) is 13.9. The van der Waals surface area contributed by atoms with Crippen LogP contribution in [-0.4, -0.2) is 11.9 Å². The van der Waals surface area contributed by atoms with E-state index in [-0.39, 0.29) is 23.6 Å². The van der Waals surface area contributed by atoms with Crippen LogP contribution >= 0.6 is 11.3 Å². The third-order valence-corrected chi connectivity index (χ3v) is 5.22. The third kappa shape index (κ3) is 4.78. The first kappa shape index (κ1) is 19.2. The van der Waals surface area contributed by atoms with Crippen LogP contribution in [-0.2, 0) is 4.79 Å². The predicted molar refractivity (Wildman–Crippen MR) is 105 cm³/mol. The zero-order valence-electron chi connectivity index (χ0n) is 15.0. The monoisotopic (exact) mass is 386 g/mol. The van der Waals surface area contributed by atoms with E-state index < -0.39 is 6.04 Å². The Labute approximate surface area is 161 Å². The van der Waals surface area contributed by atoms with Crippen molar-refractivity contribution in [2.24, 2.45) is 0 Å². The van der Waals surface area contributed by atoms with Gasteiger partial charge in [0, 0.05) is 10.6 Å². The van der Waals surface area contributed by atoms with Crippen LogP contribution in [0, 0.1) is 18.6 Å². The number of carbonyl (C=O) groups is 1. The lowest BCUT2D eigenvalue weighted by atomic mass is 10.0. The van der Waals surface area contributed by atoms with Gasteiger partial charge >= 0.3 is 0 Å². The molecule has 0 saturated carbocycles. The third-order valence-electron chi connectivity index (χ3n) is 4.28. The number of carbonyl (C=O) groups excluding carboxylic acids is 1. The van der Waals surface area contributed by atoms with E-state index in [1.807, 2.05) is 17.5 Å². The van der Waals surface area contributed by atoms with E-state index in [1.54, 1.807) is 49.4 Å². The van der Waals surface area contributed by atoms with Crippen molar-refractivity contribution in [2.75, 3.05) is 5.32 Å². The summed E-state index contributed by atoms with van der Waals surface area (Å²) in [6.07, 6.45) is 0. The molecule has 0 radical (unpaired) electrons. The molecule has 2 N–H and O–H groups in total. The van der Waals surface area contributed by atoms with Gasteiger partial charge in [-0.3, -0.25) is 10.1 Å². The topological polar surface area (TPSA) is 41.1 Å². The number of rotatable bonds is 6. The summed E-state index contributed by atoms with van der Waals surface area (Å²) in [5, 5.41) is 7.96. The number of aryl methyl sites for hydroxylation is 1. The number of hydrogen-bond donors (Lipinski definition) is 2. The molecule has 3 nitrogen and oxygen atoms in total. The van der Waals surface area contributed by atoms with E-state index in [9.17, 15) is 13.6 Å². The number of hydrogen-bond acceptors (Lipinski definition) is 3. The fourth-order valence-electron chi connectivity index (χ4n) is 2.70. The Morgan fingerprint density at radius 3 is 2.44 bits per heavy atom. The van der Waals surface area contributed by atoms with Gasteiger partial charge in [-0.15, -0.1) is 11.3 Å². The van der Waals surface area contributed by atoms with Crippen LogP contribution in [0.1, 0.15) is 29.0 Å². The summed E-state index contributed by atoms with van der Waals surface area (Å²) in [5.41, 5.74) is 1.79.